The van der Waals surface area contributed by atoms with Crippen LogP contribution in [0.2, 0.25) is 0 Å². The molecule has 0 bridgehead atoms. The van der Waals surface area contributed by atoms with Crippen molar-refractivity contribution in [3.63, 3.8) is 0 Å². The van der Waals surface area contributed by atoms with Gasteiger partial charge in [0.15, 0.2) is 11.2 Å². The van der Waals surface area contributed by atoms with Crippen molar-refractivity contribution >= 4 is 11.2 Å². The molecule has 3 heterocycles. The quantitative estimate of drug-likeness (QED) is 0.628. The fourth-order valence-electron chi connectivity index (χ4n) is 3.46. The largest absolute Gasteiger partial charge is 0.388 e. The molecule has 0 radical (unpaired) electrons. The number of aryl methyl sites for hydroxylation is 4. The van der Waals surface area contributed by atoms with Crippen molar-refractivity contribution in [3.8, 4) is 0 Å². The molecule has 28 heavy (non-hydrogen) atoms. The monoisotopic (exact) mass is 389 g/mol. The molecule has 9 heteroatoms. The predicted molar refractivity (Wildman–Crippen MR) is 104 cm³/mol. The fourth-order valence-corrected chi connectivity index (χ4v) is 3.46. The summed E-state index contributed by atoms with van der Waals surface area (Å²) in [6.07, 6.45) is 2.46. The van der Waals surface area contributed by atoms with Gasteiger partial charge in [0.1, 0.15) is 18.2 Å². The van der Waals surface area contributed by atoms with E-state index in [1.54, 1.807) is 23.0 Å². The standard InChI is InChI=1S/C19H27N5O4/c1-5-7-9-23-17-16(22(8-6-2)15(11-25)20-17)18(26)24(19(23)27)10-14-12(3)21-28-13(14)4/h25H,5-11H2,1-4H3. The number of unbranched alkanes of at least 4 members (excludes halogenated alkanes) is 1. The molecule has 9 nitrogen and oxygen atoms in total. The molecule has 0 unspecified atom stereocenters. The van der Waals surface area contributed by atoms with E-state index >= 15 is 0 Å². The molecule has 0 aliphatic heterocycles. The Hall–Kier alpha value is -2.68. The summed E-state index contributed by atoms with van der Waals surface area (Å²) in [7, 11) is 0. The van der Waals surface area contributed by atoms with E-state index in [9.17, 15) is 14.7 Å². The van der Waals surface area contributed by atoms with Crippen LogP contribution in [0.5, 0.6) is 0 Å². The van der Waals surface area contributed by atoms with Gasteiger partial charge in [-0.2, -0.15) is 0 Å². The van der Waals surface area contributed by atoms with Gasteiger partial charge < -0.3 is 14.2 Å². The van der Waals surface area contributed by atoms with E-state index in [0.29, 0.717) is 41.5 Å². The van der Waals surface area contributed by atoms with E-state index in [1.807, 2.05) is 13.8 Å². The molecule has 0 saturated heterocycles. The van der Waals surface area contributed by atoms with Crippen molar-refractivity contribution in [2.24, 2.45) is 0 Å². The molecular weight excluding hydrogens is 362 g/mol. The van der Waals surface area contributed by atoms with Gasteiger partial charge in [0.2, 0.25) is 0 Å². The summed E-state index contributed by atoms with van der Waals surface area (Å²) in [6, 6.07) is 0. The van der Waals surface area contributed by atoms with Gasteiger partial charge in [-0.1, -0.05) is 25.4 Å². The molecule has 3 aromatic rings. The van der Waals surface area contributed by atoms with Crippen molar-refractivity contribution in [1.29, 1.82) is 0 Å². The zero-order valence-corrected chi connectivity index (χ0v) is 16.9. The Morgan fingerprint density at radius 1 is 1.04 bits per heavy atom. The molecule has 0 saturated carbocycles. The van der Waals surface area contributed by atoms with Crippen LogP contribution in [0.1, 0.15) is 56.0 Å². The minimum atomic E-state index is -0.409. The van der Waals surface area contributed by atoms with E-state index in [4.69, 9.17) is 4.52 Å². The topological polar surface area (TPSA) is 108 Å². The lowest BCUT2D eigenvalue weighted by atomic mass is 10.2. The van der Waals surface area contributed by atoms with Crippen molar-refractivity contribution in [3.05, 3.63) is 43.7 Å². The van der Waals surface area contributed by atoms with Crippen LogP contribution in [0.25, 0.3) is 11.2 Å². The van der Waals surface area contributed by atoms with Crippen LogP contribution in [0, 0.1) is 13.8 Å². The van der Waals surface area contributed by atoms with Gasteiger partial charge >= 0.3 is 5.69 Å². The molecule has 0 atom stereocenters. The van der Waals surface area contributed by atoms with Gasteiger partial charge in [-0.15, -0.1) is 0 Å². The molecule has 0 amide bonds. The maximum Gasteiger partial charge on any atom is 0.333 e. The second kappa shape index (κ2) is 8.14. The summed E-state index contributed by atoms with van der Waals surface area (Å²) >= 11 is 0. The highest BCUT2D eigenvalue weighted by molar-refractivity contribution is 5.71. The zero-order chi connectivity index (χ0) is 20.4. The number of aromatic nitrogens is 5. The summed E-state index contributed by atoms with van der Waals surface area (Å²) in [6.45, 7) is 8.38. The van der Waals surface area contributed by atoms with Gasteiger partial charge in [-0.25, -0.2) is 9.78 Å². The van der Waals surface area contributed by atoms with Crippen molar-refractivity contribution in [2.45, 2.75) is 73.2 Å². The van der Waals surface area contributed by atoms with Crippen molar-refractivity contribution in [1.82, 2.24) is 23.8 Å². The summed E-state index contributed by atoms with van der Waals surface area (Å²) in [5.41, 5.74) is 1.26. The molecular formula is C19H27N5O4. The number of rotatable bonds is 8. The van der Waals surface area contributed by atoms with Crippen molar-refractivity contribution < 1.29 is 9.63 Å². The normalized spacial score (nSPS) is 11.6. The lowest BCUT2D eigenvalue weighted by Gasteiger charge is -2.12. The average molecular weight is 389 g/mol. The highest BCUT2D eigenvalue weighted by atomic mass is 16.5. The average Bonchev–Trinajstić information content (AvgIpc) is 3.19. The van der Waals surface area contributed by atoms with Crippen LogP contribution in [0.4, 0.5) is 0 Å². The Kier molecular flexibility index (Phi) is 5.83. The molecule has 3 rings (SSSR count). The lowest BCUT2D eigenvalue weighted by molar-refractivity contribution is 0.265. The van der Waals surface area contributed by atoms with Crippen LogP contribution in [0.3, 0.4) is 0 Å². The van der Waals surface area contributed by atoms with E-state index in [-0.39, 0.29) is 13.2 Å². The third kappa shape index (κ3) is 3.30. The van der Waals surface area contributed by atoms with Gasteiger partial charge in [0, 0.05) is 18.7 Å². The smallest absolute Gasteiger partial charge is 0.333 e. The predicted octanol–water partition coefficient (Wildman–Crippen LogP) is 1.72. The maximum absolute atomic E-state index is 13.3. The summed E-state index contributed by atoms with van der Waals surface area (Å²) in [4.78, 5) is 30.9. The molecule has 0 aliphatic carbocycles. The molecule has 152 valence electrons. The fraction of sp³-hybridized carbons (Fsp3) is 0.579. The first kappa shape index (κ1) is 20.1. The second-order valence-corrected chi connectivity index (χ2v) is 6.99. The van der Waals surface area contributed by atoms with Gasteiger partial charge in [0.25, 0.3) is 5.56 Å². The molecule has 1 N–H and O–H groups in total. The Morgan fingerprint density at radius 2 is 1.79 bits per heavy atom. The summed E-state index contributed by atoms with van der Waals surface area (Å²) in [5, 5.41) is 13.6. The van der Waals surface area contributed by atoms with Crippen LogP contribution >= 0.6 is 0 Å². The van der Waals surface area contributed by atoms with E-state index in [2.05, 4.69) is 10.1 Å². The van der Waals surface area contributed by atoms with Gasteiger partial charge in [-0.3, -0.25) is 13.9 Å². The van der Waals surface area contributed by atoms with Crippen LogP contribution < -0.4 is 11.2 Å². The molecule has 0 spiro atoms. The number of fused-ring (bicyclic) bond motifs is 1. The first-order valence-electron chi connectivity index (χ1n) is 9.69. The Labute approximate surface area is 162 Å². The summed E-state index contributed by atoms with van der Waals surface area (Å²) in [5.74, 6) is 0.982. The Balaban J connectivity index is 2.33. The Bertz CT molecular complexity index is 1080. The minimum absolute atomic E-state index is 0.0899. The zero-order valence-electron chi connectivity index (χ0n) is 16.9. The van der Waals surface area contributed by atoms with Crippen LogP contribution in [-0.2, 0) is 26.2 Å². The van der Waals surface area contributed by atoms with E-state index in [1.165, 1.54) is 4.57 Å². The maximum atomic E-state index is 13.3. The first-order chi connectivity index (χ1) is 13.4. The number of aliphatic hydroxyl groups excluding tert-OH is 1. The van der Waals surface area contributed by atoms with Crippen LogP contribution in [0.15, 0.2) is 14.1 Å². The van der Waals surface area contributed by atoms with E-state index in [0.717, 1.165) is 24.8 Å². The molecule has 3 aromatic heterocycles. The number of imidazole rings is 1. The second-order valence-electron chi connectivity index (χ2n) is 6.99. The van der Waals surface area contributed by atoms with Gasteiger partial charge in [-0.05, 0) is 26.7 Å². The van der Waals surface area contributed by atoms with Gasteiger partial charge in [0.05, 0.1) is 12.2 Å². The van der Waals surface area contributed by atoms with Crippen LogP contribution in [-0.4, -0.2) is 28.9 Å². The molecule has 0 aliphatic rings. The number of aliphatic hydroxyl groups is 1. The number of hydrogen-bond donors (Lipinski definition) is 1. The summed E-state index contributed by atoms with van der Waals surface area (Å²) < 4.78 is 9.68. The molecule has 0 aromatic carbocycles. The SMILES string of the molecule is CCCCn1c(=O)n(Cc2c(C)noc2C)c(=O)c2c1nc(CO)n2CCC. The third-order valence-electron chi connectivity index (χ3n) is 5.01. The number of hydrogen-bond acceptors (Lipinski definition) is 6. The highest BCUT2D eigenvalue weighted by Gasteiger charge is 2.22. The first-order valence-corrected chi connectivity index (χ1v) is 9.69. The lowest BCUT2D eigenvalue weighted by Crippen LogP contribution is -2.41. The minimum Gasteiger partial charge on any atom is -0.388 e. The van der Waals surface area contributed by atoms with E-state index < -0.39 is 11.2 Å². The van der Waals surface area contributed by atoms with Crippen molar-refractivity contribution in [2.75, 3.05) is 0 Å². The highest BCUT2D eigenvalue weighted by Crippen LogP contribution is 2.16. The number of nitrogens with zero attached hydrogens (tertiary/aromatic N) is 5. The molecule has 0 fully saturated rings. The Morgan fingerprint density at radius 3 is 2.36 bits per heavy atom. The third-order valence-corrected chi connectivity index (χ3v) is 5.01.